The molecule has 3 aromatic rings. The zero-order chi connectivity index (χ0) is 19.0. The van der Waals surface area contributed by atoms with Gasteiger partial charge in [0, 0.05) is 31.6 Å². The highest BCUT2D eigenvalue weighted by Gasteiger charge is 2.30. The zero-order valence-corrected chi connectivity index (χ0v) is 17.4. The molecule has 0 N–H and O–H groups in total. The summed E-state index contributed by atoms with van der Waals surface area (Å²) in [6.45, 7) is 5.89. The summed E-state index contributed by atoms with van der Waals surface area (Å²) in [4.78, 5) is 7.39. The molecule has 7 nitrogen and oxygen atoms in total. The van der Waals surface area contributed by atoms with Crippen LogP contribution in [0, 0.1) is 13.8 Å². The minimum absolute atomic E-state index is 0.367. The fourth-order valence-electron chi connectivity index (χ4n) is 2.92. The number of thiophene rings is 1. The van der Waals surface area contributed by atoms with Crippen LogP contribution >= 0.6 is 22.7 Å². The van der Waals surface area contributed by atoms with Gasteiger partial charge in [-0.05, 0) is 38.1 Å². The quantitative estimate of drug-likeness (QED) is 0.645. The maximum Gasteiger partial charge on any atom is 0.252 e. The van der Waals surface area contributed by atoms with Gasteiger partial charge in [-0.25, -0.2) is 13.4 Å². The monoisotopic (exact) mass is 421 g/mol. The third-order valence-electron chi connectivity index (χ3n) is 4.39. The Kier molecular flexibility index (Phi) is 4.97. The van der Waals surface area contributed by atoms with Crippen molar-refractivity contribution in [3.05, 3.63) is 40.3 Å². The second-order valence-corrected chi connectivity index (χ2v) is 10.6. The molecule has 0 aliphatic carbocycles. The predicted octanol–water partition coefficient (Wildman–Crippen LogP) is 2.79. The molecule has 27 heavy (non-hydrogen) atoms. The number of nitrogens with zero attached hydrogens (tertiary/aromatic N) is 5. The van der Waals surface area contributed by atoms with E-state index in [1.54, 1.807) is 21.7 Å². The van der Waals surface area contributed by atoms with E-state index in [-0.39, 0.29) is 0 Å². The number of thiazole rings is 1. The van der Waals surface area contributed by atoms with Gasteiger partial charge in [0.2, 0.25) is 0 Å². The van der Waals surface area contributed by atoms with Gasteiger partial charge in [-0.15, -0.1) is 27.8 Å². The van der Waals surface area contributed by atoms with Gasteiger partial charge in [0.1, 0.15) is 4.21 Å². The topological polar surface area (TPSA) is 79.3 Å². The second kappa shape index (κ2) is 7.27. The smallest absolute Gasteiger partial charge is 0.252 e. The molecule has 1 fully saturated rings. The zero-order valence-electron chi connectivity index (χ0n) is 15.0. The number of hydrogen-bond acceptors (Lipinski definition) is 8. The normalized spacial score (nSPS) is 16.0. The molecule has 0 bridgehead atoms. The minimum atomic E-state index is -3.49. The van der Waals surface area contributed by atoms with Crippen LogP contribution < -0.4 is 4.90 Å². The van der Waals surface area contributed by atoms with Crippen molar-refractivity contribution in [2.24, 2.45) is 0 Å². The molecule has 1 aliphatic heterocycles. The number of piperazine rings is 1. The summed E-state index contributed by atoms with van der Waals surface area (Å²) in [5.41, 5.74) is 1.70. The third-order valence-corrected chi connectivity index (χ3v) is 8.64. The summed E-state index contributed by atoms with van der Waals surface area (Å²) in [5, 5.41) is 11.2. The van der Waals surface area contributed by atoms with E-state index < -0.39 is 10.0 Å². The average molecular weight is 422 g/mol. The molecule has 4 heterocycles. The molecule has 10 heteroatoms. The van der Waals surface area contributed by atoms with E-state index in [1.165, 1.54) is 11.3 Å². The van der Waals surface area contributed by atoms with Gasteiger partial charge in [-0.2, -0.15) is 9.40 Å². The van der Waals surface area contributed by atoms with Crippen molar-refractivity contribution in [2.75, 3.05) is 31.1 Å². The van der Waals surface area contributed by atoms with Crippen LogP contribution in [0.2, 0.25) is 0 Å². The molecule has 1 saturated heterocycles. The van der Waals surface area contributed by atoms with E-state index in [2.05, 4.69) is 20.1 Å². The largest absolute Gasteiger partial charge is 0.352 e. The lowest BCUT2D eigenvalue weighted by Crippen LogP contribution is -2.48. The number of aromatic nitrogens is 3. The Labute approximate surface area is 166 Å². The number of aryl methyl sites for hydroxylation is 2. The highest BCUT2D eigenvalue weighted by molar-refractivity contribution is 7.91. The van der Waals surface area contributed by atoms with Gasteiger partial charge in [0.05, 0.1) is 21.3 Å². The lowest BCUT2D eigenvalue weighted by atomic mass is 10.3. The minimum Gasteiger partial charge on any atom is -0.352 e. The van der Waals surface area contributed by atoms with Crippen molar-refractivity contribution in [3.8, 4) is 10.6 Å². The van der Waals surface area contributed by atoms with Gasteiger partial charge in [0.25, 0.3) is 10.0 Å². The molecule has 0 saturated carbocycles. The van der Waals surface area contributed by atoms with Crippen LogP contribution in [-0.2, 0) is 10.0 Å². The molecule has 142 valence electrons. The summed E-state index contributed by atoms with van der Waals surface area (Å²) in [7, 11) is -3.49. The third kappa shape index (κ3) is 3.75. The lowest BCUT2D eigenvalue weighted by molar-refractivity contribution is 0.384. The summed E-state index contributed by atoms with van der Waals surface area (Å²) in [5.74, 6) is 0.787. The first-order valence-electron chi connectivity index (χ1n) is 8.51. The van der Waals surface area contributed by atoms with Crippen LogP contribution in [0.4, 0.5) is 5.82 Å². The first-order valence-corrected chi connectivity index (χ1v) is 11.6. The number of rotatable bonds is 4. The Hall–Kier alpha value is -1.88. The van der Waals surface area contributed by atoms with Gasteiger partial charge < -0.3 is 4.90 Å². The van der Waals surface area contributed by atoms with Crippen molar-refractivity contribution >= 4 is 38.5 Å². The Morgan fingerprint density at radius 2 is 1.78 bits per heavy atom. The maximum absolute atomic E-state index is 13.0. The van der Waals surface area contributed by atoms with E-state index in [4.69, 9.17) is 0 Å². The van der Waals surface area contributed by atoms with Crippen LogP contribution in [0.1, 0.15) is 10.7 Å². The van der Waals surface area contributed by atoms with Gasteiger partial charge in [0.15, 0.2) is 5.82 Å². The van der Waals surface area contributed by atoms with Crippen molar-refractivity contribution in [1.29, 1.82) is 0 Å². The average Bonchev–Trinajstić information content (AvgIpc) is 3.32. The summed E-state index contributed by atoms with van der Waals surface area (Å²) < 4.78 is 27.9. The standard InChI is InChI=1S/C17H19N5O2S3/c1-12-3-5-16(20-19-12)21-7-9-22(10-8-21)27(23,24)17-6-4-15(26-17)14-11-25-13(2)18-14/h3-6,11H,7-10H2,1-2H3. The lowest BCUT2D eigenvalue weighted by Gasteiger charge is -2.34. The Bertz CT molecular complexity index is 1030. The van der Waals surface area contributed by atoms with Crippen LogP contribution in [0.5, 0.6) is 0 Å². The molecule has 1 aliphatic rings. The SMILES string of the molecule is Cc1ccc(N2CCN(S(=O)(=O)c3ccc(-c4csc(C)n4)s3)CC2)nn1. The van der Waals surface area contributed by atoms with Crippen LogP contribution in [0.3, 0.4) is 0 Å². The highest BCUT2D eigenvalue weighted by Crippen LogP contribution is 2.33. The molecule has 0 atom stereocenters. The molecule has 0 spiro atoms. The molecular formula is C17H19N5O2S3. The first kappa shape index (κ1) is 18.5. The van der Waals surface area contributed by atoms with Gasteiger partial charge in [-0.3, -0.25) is 0 Å². The molecule has 4 rings (SSSR count). The molecule has 0 aromatic carbocycles. The first-order chi connectivity index (χ1) is 12.9. The number of anilines is 1. The highest BCUT2D eigenvalue weighted by atomic mass is 32.2. The fourth-order valence-corrected chi connectivity index (χ4v) is 6.45. The van der Waals surface area contributed by atoms with Crippen LogP contribution in [0.15, 0.2) is 33.9 Å². The maximum atomic E-state index is 13.0. The van der Waals surface area contributed by atoms with Crippen LogP contribution in [-0.4, -0.2) is 54.1 Å². The van der Waals surface area contributed by atoms with E-state index >= 15 is 0 Å². The Balaban J connectivity index is 1.47. The van der Waals surface area contributed by atoms with Crippen molar-refractivity contribution in [2.45, 2.75) is 18.1 Å². The van der Waals surface area contributed by atoms with E-state index in [1.807, 2.05) is 37.4 Å². The molecule has 0 unspecified atom stereocenters. The van der Waals surface area contributed by atoms with Crippen LogP contribution in [0.25, 0.3) is 10.6 Å². The summed E-state index contributed by atoms with van der Waals surface area (Å²) >= 11 is 2.84. The Morgan fingerprint density at radius 3 is 2.41 bits per heavy atom. The second-order valence-electron chi connectivity index (χ2n) is 6.29. The summed E-state index contributed by atoms with van der Waals surface area (Å²) in [6, 6.07) is 7.36. The van der Waals surface area contributed by atoms with E-state index in [0.717, 1.165) is 27.1 Å². The molecule has 0 radical (unpaired) electrons. The predicted molar refractivity (Wildman–Crippen MR) is 108 cm³/mol. The number of sulfonamides is 1. The Morgan fingerprint density at radius 1 is 1.00 bits per heavy atom. The fraction of sp³-hybridized carbons (Fsp3) is 0.353. The van der Waals surface area contributed by atoms with Crippen molar-refractivity contribution < 1.29 is 8.42 Å². The van der Waals surface area contributed by atoms with Crippen molar-refractivity contribution in [1.82, 2.24) is 19.5 Å². The van der Waals surface area contributed by atoms with Gasteiger partial charge in [-0.1, -0.05) is 0 Å². The van der Waals surface area contributed by atoms with Crippen molar-refractivity contribution in [3.63, 3.8) is 0 Å². The molecular weight excluding hydrogens is 402 g/mol. The molecule has 3 aromatic heterocycles. The molecule has 0 amide bonds. The summed E-state index contributed by atoms with van der Waals surface area (Å²) in [6.07, 6.45) is 0. The van der Waals surface area contributed by atoms with Gasteiger partial charge >= 0.3 is 0 Å². The van der Waals surface area contributed by atoms with E-state index in [9.17, 15) is 8.42 Å². The number of hydrogen-bond donors (Lipinski definition) is 0. The van der Waals surface area contributed by atoms with E-state index in [0.29, 0.717) is 30.4 Å².